The van der Waals surface area contributed by atoms with Crippen molar-refractivity contribution in [3.8, 4) is 0 Å². The van der Waals surface area contributed by atoms with Crippen LogP contribution in [0.2, 0.25) is 0 Å². The summed E-state index contributed by atoms with van der Waals surface area (Å²) in [7, 11) is -3.08. The van der Waals surface area contributed by atoms with Gasteiger partial charge in [0.2, 0.25) is 0 Å². The molecule has 1 aromatic rings. The minimum absolute atomic E-state index is 0.459. The molecule has 2 atom stereocenters. The lowest BCUT2D eigenvalue weighted by Crippen LogP contribution is -2.29. The molecular formula is C8H12BrNO2S2. The lowest BCUT2D eigenvalue weighted by Gasteiger charge is -2.17. The van der Waals surface area contributed by atoms with E-state index in [1.807, 2.05) is 11.4 Å². The van der Waals surface area contributed by atoms with Gasteiger partial charge in [0.1, 0.15) is 0 Å². The highest BCUT2D eigenvalue weighted by atomic mass is 79.9. The van der Waals surface area contributed by atoms with Crippen molar-refractivity contribution in [2.75, 3.05) is 6.26 Å². The Morgan fingerprint density at radius 1 is 1.57 bits per heavy atom. The molecule has 0 radical (unpaired) electrons. The van der Waals surface area contributed by atoms with Crippen LogP contribution in [0.5, 0.6) is 0 Å². The molecule has 0 aliphatic carbocycles. The van der Waals surface area contributed by atoms with Gasteiger partial charge in [-0.1, -0.05) is 0 Å². The first-order valence-corrected chi connectivity index (χ1v) is 7.64. The van der Waals surface area contributed by atoms with E-state index in [4.69, 9.17) is 5.73 Å². The largest absolute Gasteiger partial charge is 0.322 e. The number of thiophene rings is 1. The molecule has 3 nitrogen and oxygen atoms in total. The van der Waals surface area contributed by atoms with Gasteiger partial charge < -0.3 is 5.73 Å². The van der Waals surface area contributed by atoms with Gasteiger partial charge in [-0.2, -0.15) is 0 Å². The first kappa shape index (κ1) is 12.2. The Morgan fingerprint density at radius 2 is 2.14 bits per heavy atom. The maximum atomic E-state index is 11.3. The second-order valence-electron chi connectivity index (χ2n) is 3.19. The van der Waals surface area contributed by atoms with E-state index in [1.165, 1.54) is 17.6 Å². The summed E-state index contributed by atoms with van der Waals surface area (Å²) in [6, 6.07) is 1.41. The fraction of sp³-hybridized carbons (Fsp3) is 0.500. The Labute approximate surface area is 96.4 Å². The van der Waals surface area contributed by atoms with Crippen molar-refractivity contribution < 1.29 is 8.42 Å². The molecule has 2 N–H and O–H groups in total. The van der Waals surface area contributed by atoms with E-state index in [0.717, 1.165) is 9.35 Å². The van der Waals surface area contributed by atoms with Gasteiger partial charge in [0.15, 0.2) is 9.84 Å². The van der Waals surface area contributed by atoms with Crippen molar-refractivity contribution in [3.63, 3.8) is 0 Å². The molecular weight excluding hydrogens is 286 g/mol. The van der Waals surface area contributed by atoms with E-state index >= 15 is 0 Å². The number of halogens is 1. The van der Waals surface area contributed by atoms with Gasteiger partial charge in [0.25, 0.3) is 0 Å². The van der Waals surface area contributed by atoms with Crippen LogP contribution < -0.4 is 5.73 Å². The van der Waals surface area contributed by atoms with E-state index < -0.39 is 21.1 Å². The molecule has 2 unspecified atom stereocenters. The topological polar surface area (TPSA) is 60.2 Å². The highest BCUT2D eigenvalue weighted by Crippen LogP contribution is 2.31. The van der Waals surface area contributed by atoms with Crippen LogP contribution in [0, 0.1) is 0 Å². The zero-order chi connectivity index (χ0) is 10.9. The van der Waals surface area contributed by atoms with Crippen LogP contribution >= 0.6 is 27.3 Å². The molecule has 0 aliphatic rings. The Bertz CT molecular complexity index is 413. The number of hydrogen-bond donors (Lipinski definition) is 1. The molecule has 0 aliphatic heterocycles. The second kappa shape index (κ2) is 4.30. The van der Waals surface area contributed by atoms with E-state index in [0.29, 0.717) is 0 Å². The van der Waals surface area contributed by atoms with Gasteiger partial charge >= 0.3 is 0 Å². The number of hydrogen-bond acceptors (Lipinski definition) is 4. The molecule has 0 saturated heterocycles. The van der Waals surface area contributed by atoms with Crippen LogP contribution in [0.25, 0.3) is 0 Å². The first-order chi connectivity index (χ1) is 6.34. The van der Waals surface area contributed by atoms with E-state index in [9.17, 15) is 8.42 Å². The summed E-state index contributed by atoms with van der Waals surface area (Å²) in [6.07, 6.45) is 1.21. The zero-order valence-electron chi connectivity index (χ0n) is 7.90. The van der Waals surface area contributed by atoms with Crippen LogP contribution in [0.3, 0.4) is 0 Å². The maximum absolute atomic E-state index is 11.3. The van der Waals surface area contributed by atoms with Crippen LogP contribution in [0.4, 0.5) is 0 Å². The number of nitrogens with two attached hydrogens (primary N) is 1. The summed E-state index contributed by atoms with van der Waals surface area (Å²) < 4.78 is 23.5. The minimum atomic E-state index is -3.08. The molecule has 0 spiro atoms. The van der Waals surface area contributed by atoms with Crippen LogP contribution in [0.1, 0.15) is 17.8 Å². The summed E-state index contributed by atoms with van der Waals surface area (Å²) in [4.78, 5) is 0.878. The molecule has 0 saturated carbocycles. The molecule has 1 aromatic heterocycles. The third-order valence-corrected chi connectivity index (χ3v) is 5.74. The maximum Gasteiger partial charge on any atom is 0.151 e. The van der Waals surface area contributed by atoms with E-state index in [2.05, 4.69) is 15.9 Å². The molecule has 0 bridgehead atoms. The third-order valence-electron chi connectivity index (χ3n) is 2.13. The van der Waals surface area contributed by atoms with Gasteiger partial charge in [-0.25, -0.2) is 8.42 Å². The fourth-order valence-electron chi connectivity index (χ4n) is 1.02. The predicted molar refractivity (Wildman–Crippen MR) is 63.3 cm³/mol. The summed E-state index contributed by atoms with van der Waals surface area (Å²) in [6.45, 7) is 1.63. The normalized spacial score (nSPS) is 16.6. The van der Waals surface area contributed by atoms with E-state index in [-0.39, 0.29) is 0 Å². The molecule has 1 heterocycles. The Kier molecular flexibility index (Phi) is 3.74. The highest BCUT2D eigenvalue weighted by Gasteiger charge is 2.26. The highest BCUT2D eigenvalue weighted by molar-refractivity contribution is 9.10. The van der Waals surface area contributed by atoms with Crippen molar-refractivity contribution in [2.24, 2.45) is 5.73 Å². The van der Waals surface area contributed by atoms with Crippen molar-refractivity contribution >= 4 is 37.1 Å². The fourth-order valence-corrected chi connectivity index (χ4v) is 3.52. The van der Waals surface area contributed by atoms with Gasteiger partial charge in [-0.15, -0.1) is 11.3 Å². The van der Waals surface area contributed by atoms with Crippen molar-refractivity contribution in [3.05, 3.63) is 20.8 Å². The predicted octanol–water partition coefficient (Wildman–Crippen LogP) is 1.94. The van der Waals surface area contributed by atoms with Crippen molar-refractivity contribution in [2.45, 2.75) is 18.2 Å². The smallest absolute Gasteiger partial charge is 0.151 e. The Balaban J connectivity index is 2.97. The van der Waals surface area contributed by atoms with E-state index in [1.54, 1.807) is 6.92 Å². The summed E-state index contributed by atoms with van der Waals surface area (Å²) in [5, 5.41) is 1.33. The average molecular weight is 298 g/mol. The molecule has 1 rings (SSSR count). The van der Waals surface area contributed by atoms with Gasteiger partial charge in [0, 0.05) is 15.6 Å². The van der Waals surface area contributed by atoms with Crippen LogP contribution in [-0.4, -0.2) is 19.9 Å². The number of rotatable bonds is 3. The average Bonchev–Trinajstić information content (AvgIpc) is 2.47. The third kappa shape index (κ3) is 2.56. The minimum Gasteiger partial charge on any atom is -0.322 e. The lowest BCUT2D eigenvalue weighted by molar-refractivity contribution is 0.572. The van der Waals surface area contributed by atoms with Crippen molar-refractivity contribution in [1.29, 1.82) is 0 Å². The quantitative estimate of drug-likeness (QED) is 0.927. The van der Waals surface area contributed by atoms with Gasteiger partial charge in [-0.05, 0) is 34.3 Å². The molecule has 0 fully saturated rings. The molecule has 0 amide bonds. The molecule has 6 heteroatoms. The standard InChI is InChI=1S/C8H12BrNO2S2/c1-5(14(2,11)12)7(10)8-6(9)3-4-13-8/h3-5,7H,10H2,1-2H3. The summed E-state index contributed by atoms with van der Waals surface area (Å²) in [5.74, 6) is 0. The second-order valence-corrected chi connectivity index (χ2v) is 7.40. The van der Waals surface area contributed by atoms with Crippen LogP contribution in [0.15, 0.2) is 15.9 Å². The Hall–Kier alpha value is 0.0900. The molecule has 0 aromatic carbocycles. The summed E-state index contributed by atoms with van der Waals surface area (Å²) in [5.41, 5.74) is 5.87. The van der Waals surface area contributed by atoms with Gasteiger partial charge in [-0.3, -0.25) is 0 Å². The SMILES string of the molecule is CC(C(N)c1sccc1Br)S(C)(=O)=O. The summed E-state index contributed by atoms with van der Waals surface area (Å²) >= 11 is 4.80. The number of sulfone groups is 1. The Morgan fingerprint density at radius 3 is 2.50 bits per heavy atom. The lowest BCUT2D eigenvalue weighted by atomic mass is 10.2. The molecule has 80 valence electrons. The van der Waals surface area contributed by atoms with Crippen molar-refractivity contribution in [1.82, 2.24) is 0 Å². The molecule has 14 heavy (non-hydrogen) atoms. The monoisotopic (exact) mass is 297 g/mol. The van der Waals surface area contributed by atoms with Crippen LogP contribution in [-0.2, 0) is 9.84 Å². The first-order valence-electron chi connectivity index (χ1n) is 4.01. The zero-order valence-corrected chi connectivity index (χ0v) is 11.1. The van der Waals surface area contributed by atoms with Gasteiger partial charge in [0.05, 0.1) is 11.3 Å².